The zero-order valence-corrected chi connectivity index (χ0v) is 17.9. The topological polar surface area (TPSA) is 76.6 Å². The van der Waals surface area contributed by atoms with Gasteiger partial charge in [0, 0.05) is 12.6 Å². The van der Waals surface area contributed by atoms with E-state index in [0.717, 1.165) is 34.5 Å². The zero-order valence-electron chi connectivity index (χ0n) is 17.1. The largest absolute Gasteiger partial charge is 0.473 e. The standard InChI is InChI=1S/C20H28N4O3S/c1-12-8-15(13(2)23-28(25)20(3,4)5)17-16(9-12)21-18-19(22-17)27-11-14-10-26-7-6-24(14)18/h8-9,13-14,23H,6-7,10-11H2,1-5H3/t13-,14+,28-/m1/s1. The Hall–Kier alpha value is -1.77. The van der Waals surface area contributed by atoms with Crippen molar-refractivity contribution in [1.29, 1.82) is 0 Å². The van der Waals surface area contributed by atoms with Crippen molar-refractivity contribution in [3.05, 3.63) is 23.3 Å². The van der Waals surface area contributed by atoms with Gasteiger partial charge in [0.05, 0.1) is 46.0 Å². The normalized spacial score (nSPS) is 21.6. The van der Waals surface area contributed by atoms with Gasteiger partial charge in [0.15, 0.2) is 5.82 Å². The van der Waals surface area contributed by atoms with Crippen LogP contribution >= 0.6 is 0 Å². The lowest BCUT2D eigenvalue weighted by molar-refractivity contribution is 0.0686. The summed E-state index contributed by atoms with van der Waals surface area (Å²) in [7, 11) is -1.18. The number of anilines is 1. The third-order valence-corrected chi connectivity index (χ3v) is 6.79. The van der Waals surface area contributed by atoms with Crippen molar-refractivity contribution >= 4 is 27.8 Å². The molecule has 1 saturated heterocycles. The summed E-state index contributed by atoms with van der Waals surface area (Å²) in [6.07, 6.45) is 0. The molecule has 7 nitrogen and oxygen atoms in total. The number of morpholine rings is 1. The summed E-state index contributed by atoms with van der Waals surface area (Å²) in [6, 6.07) is 4.19. The first-order valence-electron chi connectivity index (χ1n) is 9.71. The van der Waals surface area contributed by atoms with Gasteiger partial charge in [-0.3, -0.25) is 0 Å². The minimum Gasteiger partial charge on any atom is -0.473 e. The summed E-state index contributed by atoms with van der Waals surface area (Å²) in [4.78, 5) is 12.0. The van der Waals surface area contributed by atoms with E-state index in [1.165, 1.54) is 0 Å². The predicted molar refractivity (Wildman–Crippen MR) is 111 cm³/mol. The molecular weight excluding hydrogens is 376 g/mol. The Kier molecular flexibility index (Phi) is 5.05. The molecule has 0 aliphatic carbocycles. The second-order valence-corrected chi connectivity index (χ2v) is 10.5. The highest BCUT2D eigenvalue weighted by Crippen LogP contribution is 2.35. The van der Waals surface area contributed by atoms with E-state index in [1.807, 2.05) is 40.7 Å². The van der Waals surface area contributed by atoms with Crippen molar-refractivity contribution in [2.45, 2.75) is 51.4 Å². The van der Waals surface area contributed by atoms with Crippen LogP contribution in [0.3, 0.4) is 0 Å². The monoisotopic (exact) mass is 404 g/mol. The van der Waals surface area contributed by atoms with Crippen molar-refractivity contribution in [2.24, 2.45) is 0 Å². The van der Waals surface area contributed by atoms with Gasteiger partial charge in [-0.25, -0.2) is 18.9 Å². The number of ether oxygens (including phenoxy) is 2. The van der Waals surface area contributed by atoms with Gasteiger partial charge >= 0.3 is 0 Å². The number of aromatic nitrogens is 2. The SMILES string of the molecule is Cc1cc([C@@H](C)N[S@](=O)C(C)(C)C)c2nc3c(nc2c1)N1CCOC[C@H]1CO3. The van der Waals surface area contributed by atoms with Gasteiger partial charge in [0.25, 0.3) is 5.88 Å². The quantitative estimate of drug-likeness (QED) is 0.848. The molecule has 2 aliphatic heterocycles. The number of hydrogen-bond donors (Lipinski definition) is 1. The molecule has 2 aliphatic rings. The lowest BCUT2D eigenvalue weighted by Crippen LogP contribution is -2.51. The molecule has 1 fully saturated rings. The first kappa shape index (κ1) is 19.5. The lowest BCUT2D eigenvalue weighted by atomic mass is 10.0. The predicted octanol–water partition coefficient (Wildman–Crippen LogP) is 2.65. The van der Waals surface area contributed by atoms with Crippen LogP contribution in [0.2, 0.25) is 0 Å². The Labute approximate surface area is 168 Å². The molecule has 28 heavy (non-hydrogen) atoms. The summed E-state index contributed by atoms with van der Waals surface area (Å²) >= 11 is 0. The van der Waals surface area contributed by atoms with Crippen LogP contribution in [0.4, 0.5) is 5.82 Å². The molecule has 3 heterocycles. The fourth-order valence-corrected chi connectivity index (χ4v) is 4.37. The van der Waals surface area contributed by atoms with E-state index < -0.39 is 11.0 Å². The first-order valence-corrected chi connectivity index (χ1v) is 10.9. The smallest absolute Gasteiger partial charge is 0.258 e. The number of fused-ring (bicyclic) bond motifs is 4. The van der Waals surface area contributed by atoms with Crippen LogP contribution in [-0.4, -0.2) is 51.3 Å². The van der Waals surface area contributed by atoms with Gasteiger partial charge in [-0.2, -0.15) is 0 Å². The minimum absolute atomic E-state index is 0.130. The number of nitrogens with one attached hydrogen (secondary N) is 1. The number of hydrogen-bond acceptors (Lipinski definition) is 6. The summed E-state index contributed by atoms with van der Waals surface area (Å²) < 4.78 is 27.0. The Balaban J connectivity index is 1.76. The van der Waals surface area contributed by atoms with E-state index in [9.17, 15) is 4.21 Å². The maximum atomic E-state index is 12.6. The number of rotatable bonds is 3. The maximum absolute atomic E-state index is 12.6. The van der Waals surface area contributed by atoms with Crippen LogP contribution in [0.25, 0.3) is 11.0 Å². The van der Waals surface area contributed by atoms with Crippen LogP contribution in [0.15, 0.2) is 12.1 Å². The average molecular weight is 405 g/mol. The van der Waals surface area contributed by atoms with Gasteiger partial charge in [0.2, 0.25) is 0 Å². The summed E-state index contributed by atoms with van der Waals surface area (Å²) in [6.45, 7) is 12.6. The highest BCUT2D eigenvalue weighted by atomic mass is 32.2. The van der Waals surface area contributed by atoms with E-state index in [2.05, 4.69) is 15.7 Å². The van der Waals surface area contributed by atoms with Gasteiger partial charge in [-0.1, -0.05) is 6.07 Å². The maximum Gasteiger partial charge on any atom is 0.258 e. The molecule has 0 radical (unpaired) electrons. The molecule has 2 aromatic rings. The van der Waals surface area contributed by atoms with E-state index in [4.69, 9.17) is 19.4 Å². The highest BCUT2D eigenvalue weighted by molar-refractivity contribution is 7.84. The lowest BCUT2D eigenvalue weighted by Gasteiger charge is -2.39. The van der Waals surface area contributed by atoms with Crippen LogP contribution in [0, 0.1) is 6.92 Å². The van der Waals surface area contributed by atoms with E-state index >= 15 is 0 Å². The fraction of sp³-hybridized carbons (Fsp3) is 0.600. The van der Waals surface area contributed by atoms with Crippen LogP contribution in [-0.2, 0) is 15.7 Å². The molecular formula is C20H28N4O3S. The average Bonchev–Trinajstić information content (AvgIpc) is 2.65. The molecule has 1 aromatic carbocycles. The summed E-state index contributed by atoms with van der Waals surface area (Å²) in [5, 5.41) is 0. The minimum atomic E-state index is -1.18. The molecule has 0 unspecified atom stereocenters. The van der Waals surface area contributed by atoms with Crippen molar-refractivity contribution in [3.8, 4) is 5.88 Å². The van der Waals surface area contributed by atoms with E-state index in [1.54, 1.807) is 0 Å². The van der Waals surface area contributed by atoms with Crippen LogP contribution in [0.1, 0.15) is 44.9 Å². The van der Waals surface area contributed by atoms with Gasteiger partial charge in [-0.05, 0) is 51.8 Å². The Morgan fingerprint density at radius 3 is 2.82 bits per heavy atom. The molecule has 0 spiro atoms. The molecule has 4 rings (SSSR count). The second-order valence-electron chi connectivity index (χ2n) is 8.53. The molecule has 1 N–H and O–H groups in total. The van der Waals surface area contributed by atoms with Crippen LogP contribution < -0.4 is 14.4 Å². The zero-order chi connectivity index (χ0) is 20.1. The molecule has 8 heteroatoms. The fourth-order valence-electron chi connectivity index (χ4n) is 3.57. The second kappa shape index (κ2) is 7.24. The number of benzene rings is 1. The summed E-state index contributed by atoms with van der Waals surface area (Å²) in [5.74, 6) is 1.36. The molecule has 1 aromatic heterocycles. The molecule has 152 valence electrons. The van der Waals surface area contributed by atoms with Gasteiger partial charge < -0.3 is 14.4 Å². The molecule has 3 atom stereocenters. The third-order valence-electron chi connectivity index (χ3n) is 5.11. The number of nitrogens with zero attached hydrogens (tertiary/aromatic N) is 3. The van der Waals surface area contributed by atoms with Crippen molar-refractivity contribution in [3.63, 3.8) is 0 Å². The Morgan fingerprint density at radius 1 is 1.29 bits per heavy atom. The Morgan fingerprint density at radius 2 is 2.07 bits per heavy atom. The first-order chi connectivity index (χ1) is 13.2. The van der Waals surface area contributed by atoms with Gasteiger partial charge in [0.1, 0.15) is 6.61 Å². The van der Waals surface area contributed by atoms with E-state index in [-0.39, 0.29) is 16.8 Å². The third kappa shape index (κ3) is 3.60. The van der Waals surface area contributed by atoms with Crippen molar-refractivity contribution in [1.82, 2.24) is 14.7 Å². The molecule has 0 amide bonds. The Bertz CT molecular complexity index is 928. The highest BCUT2D eigenvalue weighted by Gasteiger charge is 2.33. The summed E-state index contributed by atoms with van der Waals surface area (Å²) in [5.41, 5.74) is 3.71. The van der Waals surface area contributed by atoms with Crippen molar-refractivity contribution in [2.75, 3.05) is 31.3 Å². The molecule has 0 saturated carbocycles. The van der Waals surface area contributed by atoms with Crippen molar-refractivity contribution < 1.29 is 13.7 Å². The van der Waals surface area contributed by atoms with Gasteiger partial charge in [-0.15, -0.1) is 0 Å². The van der Waals surface area contributed by atoms with E-state index in [0.29, 0.717) is 25.7 Å². The van der Waals surface area contributed by atoms with Crippen LogP contribution in [0.5, 0.6) is 5.88 Å². The molecule has 0 bridgehead atoms. The number of aryl methyl sites for hydroxylation is 1.